The Balaban J connectivity index is 1.87. The maximum Gasteiger partial charge on any atom is 0.193 e. The Kier molecular flexibility index (Phi) is 3.69. The van der Waals surface area contributed by atoms with Gasteiger partial charge in [0.15, 0.2) is 5.96 Å². The summed E-state index contributed by atoms with van der Waals surface area (Å²) in [6.45, 7) is 2.84. The highest BCUT2D eigenvalue weighted by Gasteiger charge is 2.32. The lowest BCUT2D eigenvalue weighted by Crippen LogP contribution is -2.48. The lowest BCUT2D eigenvalue weighted by molar-refractivity contribution is -0.0348. The smallest absolute Gasteiger partial charge is 0.193 e. The summed E-state index contributed by atoms with van der Waals surface area (Å²) in [5, 5.41) is 3.44. The summed E-state index contributed by atoms with van der Waals surface area (Å²) in [5.41, 5.74) is 0.0458. The lowest BCUT2D eigenvalue weighted by Gasteiger charge is -2.36. The predicted octanol–water partition coefficient (Wildman–Crippen LogP) is 1.23. The molecule has 2 rings (SSSR count). The highest BCUT2D eigenvalue weighted by molar-refractivity contribution is 5.81. The lowest BCUT2D eigenvalue weighted by atomic mass is 9.84. The van der Waals surface area contributed by atoms with Gasteiger partial charge in [0, 0.05) is 27.2 Å². The monoisotopic (exact) mass is 225 g/mol. The highest BCUT2D eigenvalue weighted by Crippen LogP contribution is 2.30. The van der Waals surface area contributed by atoms with Crippen LogP contribution >= 0.6 is 0 Å². The maximum atomic E-state index is 5.74. The van der Waals surface area contributed by atoms with Crippen LogP contribution in [0.5, 0.6) is 0 Å². The van der Waals surface area contributed by atoms with Gasteiger partial charge in [-0.05, 0) is 12.8 Å². The van der Waals surface area contributed by atoms with Gasteiger partial charge < -0.3 is 15.0 Å². The summed E-state index contributed by atoms with van der Waals surface area (Å²) in [7, 11) is 3.92. The molecule has 0 atom stereocenters. The van der Waals surface area contributed by atoms with Crippen LogP contribution in [-0.4, -0.2) is 50.3 Å². The first-order chi connectivity index (χ1) is 7.76. The molecule has 4 nitrogen and oxygen atoms in total. The van der Waals surface area contributed by atoms with Gasteiger partial charge in [0.2, 0.25) is 0 Å². The van der Waals surface area contributed by atoms with Gasteiger partial charge in [0.25, 0.3) is 0 Å². The van der Waals surface area contributed by atoms with E-state index in [4.69, 9.17) is 4.74 Å². The van der Waals surface area contributed by atoms with E-state index in [1.54, 1.807) is 0 Å². The second-order valence-electron chi connectivity index (χ2n) is 4.93. The Morgan fingerprint density at radius 3 is 2.69 bits per heavy atom. The maximum absolute atomic E-state index is 5.74. The number of likely N-dealkylation sites (N-methyl/N-ethyl adjacent to an activating group) is 1. The van der Waals surface area contributed by atoms with Crippen molar-refractivity contribution in [2.45, 2.75) is 37.7 Å². The third-order valence-electron chi connectivity index (χ3n) is 3.83. The molecule has 0 bridgehead atoms. The van der Waals surface area contributed by atoms with Crippen molar-refractivity contribution < 1.29 is 4.74 Å². The summed E-state index contributed by atoms with van der Waals surface area (Å²) in [6, 6.07) is 0. The summed E-state index contributed by atoms with van der Waals surface area (Å²) in [5.74, 6) is 1.03. The van der Waals surface area contributed by atoms with Crippen molar-refractivity contribution in [1.29, 1.82) is 0 Å². The highest BCUT2D eigenvalue weighted by atomic mass is 16.5. The molecule has 0 amide bonds. The molecule has 0 aromatic carbocycles. The van der Waals surface area contributed by atoms with Gasteiger partial charge in [0.05, 0.1) is 12.1 Å². The van der Waals surface area contributed by atoms with Crippen molar-refractivity contribution in [3.05, 3.63) is 0 Å². The zero-order chi connectivity index (χ0) is 11.4. The average molecular weight is 225 g/mol. The van der Waals surface area contributed by atoms with Crippen LogP contribution in [0.25, 0.3) is 0 Å². The topological polar surface area (TPSA) is 36.9 Å². The van der Waals surface area contributed by atoms with Gasteiger partial charge in [-0.15, -0.1) is 0 Å². The van der Waals surface area contributed by atoms with Gasteiger partial charge in [-0.1, -0.05) is 19.3 Å². The molecule has 1 fully saturated rings. The molecule has 0 aromatic heterocycles. The van der Waals surface area contributed by atoms with E-state index in [1.165, 1.54) is 32.1 Å². The van der Waals surface area contributed by atoms with E-state index in [2.05, 4.69) is 22.3 Å². The third-order valence-corrected chi connectivity index (χ3v) is 3.83. The number of guanidine groups is 1. The van der Waals surface area contributed by atoms with Gasteiger partial charge in [-0.2, -0.15) is 0 Å². The minimum Gasteiger partial charge on any atom is -0.376 e. The Morgan fingerprint density at radius 1 is 1.38 bits per heavy atom. The molecular formula is C12H23N3O. The molecule has 1 N–H and O–H groups in total. The summed E-state index contributed by atoms with van der Waals surface area (Å²) >= 11 is 0. The second-order valence-corrected chi connectivity index (χ2v) is 4.93. The van der Waals surface area contributed by atoms with Crippen molar-refractivity contribution in [1.82, 2.24) is 10.2 Å². The van der Waals surface area contributed by atoms with Crippen molar-refractivity contribution in [3.63, 3.8) is 0 Å². The van der Waals surface area contributed by atoms with E-state index in [1.807, 2.05) is 7.11 Å². The Morgan fingerprint density at radius 2 is 2.12 bits per heavy atom. The quantitative estimate of drug-likeness (QED) is 0.785. The molecule has 0 saturated heterocycles. The van der Waals surface area contributed by atoms with Gasteiger partial charge >= 0.3 is 0 Å². The predicted molar refractivity (Wildman–Crippen MR) is 65.8 cm³/mol. The number of ether oxygens (including phenoxy) is 1. The van der Waals surface area contributed by atoms with Crippen molar-refractivity contribution in [2.75, 3.05) is 33.8 Å². The number of nitrogens with zero attached hydrogens (tertiary/aromatic N) is 2. The molecular weight excluding hydrogens is 202 g/mol. The Bertz CT molecular complexity index is 259. The fraction of sp³-hybridized carbons (Fsp3) is 0.917. The standard InChI is InChI=1S/C12H23N3O/c1-15-9-8-13-11(15)14-10-12(16-2)6-4-3-5-7-12/h3-10H2,1-2H3,(H,13,14). The number of nitrogens with one attached hydrogen (secondary N) is 1. The van der Waals surface area contributed by atoms with Crippen molar-refractivity contribution >= 4 is 5.96 Å². The molecule has 1 aliphatic carbocycles. The summed E-state index contributed by atoms with van der Waals surface area (Å²) in [6.07, 6.45) is 6.28. The Labute approximate surface area is 98.1 Å². The Hall–Kier alpha value is -0.770. The van der Waals surface area contributed by atoms with E-state index in [9.17, 15) is 0 Å². The van der Waals surface area contributed by atoms with E-state index < -0.39 is 0 Å². The minimum absolute atomic E-state index is 0.0458. The number of aliphatic imine (C=N–C) groups is 1. The van der Waals surface area contributed by atoms with Crippen molar-refractivity contribution in [2.24, 2.45) is 4.99 Å². The molecule has 16 heavy (non-hydrogen) atoms. The summed E-state index contributed by atoms with van der Waals surface area (Å²) in [4.78, 5) is 6.62. The van der Waals surface area contributed by atoms with E-state index in [-0.39, 0.29) is 5.60 Å². The van der Waals surface area contributed by atoms with E-state index in [0.29, 0.717) is 0 Å². The van der Waals surface area contributed by atoms with E-state index >= 15 is 0 Å². The SMILES string of the molecule is COC1(CNC2=NCCN2C)CCCCC1. The van der Waals surface area contributed by atoms with Crippen LogP contribution in [0.4, 0.5) is 0 Å². The van der Waals surface area contributed by atoms with Gasteiger partial charge in [-0.25, -0.2) is 0 Å². The first kappa shape index (κ1) is 11.7. The molecule has 0 aromatic rings. The van der Waals surface area contributed by atoms with Crippen LogP contribution in [0.3, 0.4) is 0 Å². The molecule has 0 radical (unpaired) electrons. The molecule has 0 spiro atoms. The molecule has 1 aliphatic heterocycles. The summed E-state index contributed by atoms with van der Waals surface area (Å²) < 4.78 is 5.74. The fourth-order valence-corrected chi connectivity index (χ4v) is 2.61. The minimum atomic E-state index is 0.0458. The first-order valence-electron chi connectivity index (χ1n) is 6.30. The number of rotatable bonds is 3. The van der Waals surface area contributed by atoms with Crippen LogP contribution in [0.15, 0.2) is 4.99 Å². The van der Waals surface area contributed by atoms with E-state index in [0.717, 1.165) is 25.6 Å². The van der Waals surface area contributed by atoms with Crippen LogP contribution in [0, 0.1) is 0 Å². The third kappa shape index (κ3) is 2.48. The number of hydrogen-bond donors (Lipinski definition) is 1. The molecule has 0 unspecified atom stereocenters. The number of hydrogen-bond acceptors (Lipinski definition) is 4. The van der Waals surface area contributed by atoms with Crippen LogP contribution < -0.4 is 5.32 Å². The van der Waals surface area contributed by atoms with Crippen molar-refractivity contribution in [3.8, 4) is 0 Å². The zero-order valence-corrected chi connectivity index (χ0v) is 10.5. The molecule has 92 valence electrons. The number of methoxy groups -OCH3 is 1. The van der Waals surface area contributed by atoms with Crippen LogP contribution in [-0.2, 0) is 4.74 Å². The van der Waals surface area contributed by atoms with Gasteiger partial charge in [0.1, 0.15) is 0 Å². The molecule has 1 heterocycles. The average Bonchev–Trinajstić information content (AvgIpc) is 2.74. The second kappa shape index (κ2) is 5.04. The first-order valence-corrected chi connectivity index (χ1v) is 6.30. The van der Waals surface area contributed by atoms with Crippen LogP contribution in [0.1, 0.15) is 32.1 Å². The zero-order valence-electron chi connectivity index (χ0n) is 10.5. The molecule has 1 saturated carbocycles. The van der Waals surface area contributed by atoms with Gasteiger partial charge in [-0.3, -0.25) is 4.99 Å². The van der Waals surface area contributed by atoms with Crippen LogP contribution in [0.2, 0.25) is 0 Å². The largest absolute Gasteiger partial charge is 0.376 e. The normalized spacial score (nSPS) is 24.4. The molecule has 4 heteroatoms. The fourth-order valence-electron chi connectivity index (χ4n) is 2.61. The molecule has 2 aliphatic rings.